The van der Waals surface area contributed by atoms with E-state index in [4.69, 9.17) is 11.6 Å². The second-order valence-electron chi connectivity index (χ2n) is 4.49. The lowest BCUT2D eigenvalue weighted by molar-refractivity contribution is -0.115. The third-order valence-corrected chi connectivity index (χ3v) is 3.62. The van der Waals surface area contributed by atoms with Crippen LogP contribution in [-0.2, 0) is 17.6 Å². The molecular formula is C16H15BrClNO. The average Bonchev–Trinajstić information content (AvgIpc) is 2.44. The van der Waals surface area contributed by atoms with Crippen LogP contribution in [0, 0.1) is 0 Å². The predicted molar refractivity (Wildman–Crippen MR) is 87.3 cm³/mol. The molecule has 0 fully saturated rings. The van der Waals surface area contributed by atoms with Gasteiger partial charge in [0.2, 0.25) is 5.91 Å². The van der Waals surface area contributed by atoms with Crippen molar-refractivity contribution in [2.24, 2.45) is 0 Å². The molecule has 0 saturated heterocycles. The van der Waals surface area contributed by atoms with Crippen LogP contribution in [-0.4, -0.2) is 11.8 Å². The van der Waals surface area contributed by atoms with Gasteiger partial charge in [0.1, 0.15) is 0 Å². The molecule has 2 nitrogen and oxygen atoms in total. The Morgan fingerprint density at radius 3 is 2.20 bits per heavy atom. The van der Waals surface area contributed by atoms with E-state index in [9.17, 15) is 4.79 Å². The maximum Gasteiger partial charge on any atom is 0.228 e. The number of halogens is 2. The molecule has 0 saturated carbocycles. The summed E-state index contributed by atoms with van der Waals surface area (Å²) in [5.74, 6) is 0.590. The number of alkyl halides is 1. The van der Waals surface area contributed by atoms with E-state index >= 15 is 0 Å². The van der Waals surface area contributed by atoms with Gasteiger partial charge in [-0.1, -0.05) is 40.2 Å². The summed E-state index contributed by atoms with van der Waals surface area (Å²) in [5, 5.41) is 2.89. The summed E-state index contributed by atoms with van der Waals surface area (Å²) < 4.78 is 1.01. The Balaban J connectivity index is 1.92. The van der Waals surface area contributed by atoms with Gasteiger partial charge >= 0.3 is 0 Å². The van der Waals surface area contributed by atoms with Gasteiger partial charge in [0, 0.05) is 16.0 Å². The van der Waals surface area contributed by atoms with E-state index in [-0.39, 0.29) is 5.91 Å². The van der Waals surface area contributed by atoms with Crippen molar-refractivity contribution in [3.63, 3.8) is 0 Å². The normalized spacial score (nSPS) is 10.3. The highest BCUT2D eigenvalue weighted by Crippen LogP contribution is 2.13. The van der Waals surface area contributed by atoms with Gasteiger partial charge in [0.15, 0.2) is 0 Å². The van der Waals surface area contributed by atoms with E-state index in [1.54, 1.807) is 0 Å². The highest BCUT2D eigenvalue weighted by Gasteiger charge is 2.04. The molecule has 4 heteroatoms. The van der Waals surface area contributed by atoms with Gasteiger partial charge < -0.3 is 5.32 Å². The van der Waals surface area contributed by atoms with Gasteiger partial charge in [-0.15, -0.1) is 11.6 Å². The second kappa shape index (κ2) is 7.46. The monoisotopic (exact) mass is 351 g/mol. The maximum absolute atomic E-state index is 11.9. The molecule has 0 heterocycles. The maximum atomic E-state index is 11.9. The van der Waals surface area contributed by atoms with E-state index in [1.807, 2.05) is 48.5 Å². The van der Waals surface area contributed by atoms with Gasteiger partial charge in [-0.2, -0.15) is 0 Å². The highest BCUT2D eigenvalue weighted by molar-refractivity contribution is 9.10. The number of amides is 1. The number of rotatable bonds is 5. The van der Waals surface area contributed by atoms with E-state index < -0.39 is 0 Å². The molecule has 104 valence electrons. The molecule has 0 bridgehead atoms. The lowest BCUT2D eigenvalue weighted by Crippen LogP contribution is -2.14. The Morgan fingerprint density at radius 2 is 1.60 bits per heavy atom. The fourth-order valence-electron chi connectivity index (χ4n) is 1.86. The van der Waals surface area contributed by atoms with E-state index in [2.05, 4.69) is 21.2 Å². The zero-order valence-corrected chi connectivity index (χ0v) is 13.2. The fraction of sp³-hybridized carbons (Fsp3) is 0.188. The summed E-state index contributed by atoms with van der Waals surface area (Å²) in [6.07, 6.45) is 1.21. The van der Waals surface area contributed by atoms with Crippen LogP contribution < -0.4 is 5.32 Å². The molecule has 0 aliphatic rings. The van der Waals surface area contributed by atoms with Gasteiger partial charge in [-0.25, -0.2) is 0 Å². The largest absolute Gasteiger partial charge is 0.326 e. The number of anilines is 1. The van der Waals surface area contributed by atoms with Crippen molar-refractivity contribution in [3.8, 4) is 0 Å². The molecule has 1 amide bonds. The van der Waals surface area contributed by atoms with Crippen molar-refractivity contribution in [3.05, 3.63) is 64.1 Å². The Morgan fingerprint density at radius 1 is 1.00 bits per heavy atom. The first-order valence-corrected chi connectivity index (χ1v) is 7.69. The first kappa shape index (κ1) is 15.1. The molecule has 20 heavy (non-hydrogen) atoms. The zero-order valence-electron chi connectivity index (χ0n) is 10.9. The number of hydrogen-bond acceptors (Lipinski definition) is 1. The summed E-state index contributed by atoms with van der Waals surface area (Å²) >= 11 is 9.06. The summed E-state index contributed by atoms with van der Waals surface area (Å²) in [4.78, 5) is 11.9. The van der Waals surface area contributed by atoms with Crippen molar-refractivity contribution in [1.29, 1.82) is 0 Å². The van der Waals surface area contributed by atoms with Crippen LogP contribution in [0.15, 0.2) is 53.0 Å². The van der Waals surface area contributed by atoms with Crippen LogP contribution >= 0.6 is 27.5 Å². The number of aryl methyl sites for hydroxylation is 1. The first-order valence-electron chi connectivity index (χ1n) is 6.36. The zero-order chi connectivity index (χ0) is 14.4. The molecule has 0 spiro atoms. The Kier molecular flexibility index (Phi) is 5.62. The standard InChI is InChI=1S/C16H15BrClNO/c17-14-5-1-13(2-6-14)11-16(20)19-15-7-3-12(4-8-15)9-10-18/h1-8H,9-11H2,(H,19,20). The molecule has 0 atom stereocenters. The van der Waals surface area contributed by atoms with Crippen LogP contribution in [0.25, 0.3) is 0 Å². The molecule has 0 aliphatic carbocycles. The van der Waals surface area contributed by atoms with Gasteiger partial charge in [-0.3, -0.25) is 4.79 Å². The third-order valence-electron chi connectivity index (χ3n) is 2.90. The summed E-state index contributed by atoms with van der Waals surface area (Å²) in [7, 11) is 0. The fourth-order valence-corrected chi connectivity index (χ4v) is 2.34. The Hall–Kier alpha value is -1.32. The van der Waals surface area contributed by atoms with Crippen molar-refractivity contribution in [1.82, 2.24) is 0 Å². The van der Waals surface area contributed by atoms with Gasteiger partial charge in [-0.05, 0) is 41.8 Å². The molecule has 2 aromatic rings. The smallest absolute Gasteiger partial charge is 0.228 e. The van der Waals surface area contributed by atoms with Crippen LogP contribution in [0.5, 0.6) is 0 Å². The number of carbonyl (C=O) groups excluding carboxylic acids is 1. The van der Waals surface area contributed by atoms with Crippen LogP contribution in [0.2, 0.25) is 0 Å². The van der Waals surface area contributed by atoms with Crippen LogP contribution in [0.3, 0.4) is 0 Å². The molecule has 0 radical (unpaired) electrons. The summed E-state index contributed by atoms with van der Waals surface area (Å²) in [6, 6.07) is 15.5. The van der Waals surface area contributed by atoms with Gasteiger partial charge in [0.05, 0.1) is 6.42 Å². The third kappa shape index (κ3) is 4.66. The lowest BCUT2D eigenvalue weighted by Gasteiger charge is -2.06. The number of hydrogen-bond donors (Lipinski definition) is 1. The molecule has 0 unspecified atom stereocenters. The lowest BCUT2D eigenvalue weighted by atomic mass is 10.1. The highest BCUT2D eigenvalue weighted by atomic mass is 79.9. The molecule has 1 N–H and O–H groups in total. The Bertz CT molecular complexity index is 566. The first-order chi connectivity index (χ1) is 9.67. The summed E-state index contributed by atoms with van der Waals surface area (Å²) in [6.45, 7) is 0. The average molecular weight is 353 g/mol. The van der Waals surface area contributed by atoms with E-state index in [0.29, 0.717) is 12.3 Å². The molecular weight excluding hydrogens is 338 g/mol. The minimum Gasteiger partial charge on any atom is -0.326 e. The second-order valence-corrected chi connectivity index (χ2v) is 5.78. The summed E-state index contributed by atoms with van der Waals surface area (Å²) in [5.41, 5.74) is 2.97. The number of benzene rings is 2. The molecule has 0 aromatic heterocycles. The van der Waals surface area contributed by atoms with E-state index in [1.165, 1.54) is 5.56 Å². The number of carbonyl (C=O) groups is 1. The Labute approximate surface area is 132 Å². The van der Waals surface area contributed by atoms with E-state index in [0.717, 1.165) is 22.1 Å². The van der Waals surface area contributed by atoms with Gasteiger partial charge in [0.25, 0.3) is 0 Å². The topological polar surface area (TPSA) is 29.1 Å². The SMILES string of the molecule is O=C(Cc1ccc(Br)cc1)Nc1ccc(CCCl)cc1. The minimum absolute atomic E-state index is 0.0163. The molecule has 2 rings (SSSR count). The predicted octanol–water partition coefficient (Wildman–Crippen LogP) is 4.41. The van der Waals surface area contributed by atoms with Crippen molar-refractivity contribution >= 4 is 39.1 Å². The van der Waals surface area contributed by atoms with Crippen molar-refractivity contribution in [2.45, 2.75) is 12.8 Å². The van der Waals surface area contributed by atoms with Crippen LogP contribution in [0.4, 0.5) is 5.69 Å². The molecule has 2 aromatic carbocycles. The quantitative estimate of drug-likeness (QED) is 0.793. The molecule has 0 aliphatic heterocycles. The van der Waals surface area contributed by atoms with Crippen molar-refractivity contribution in [2.75, 3.05) is 11.2 Å². The van der Waals surface area contributed by atoms with Crippen molar-refractivity contribution < 1.29 is 4.79 Å². The van der Waals surface area contributed by atoms with Crippen LogP contribution in [0.1, 0.15) is 11.1 Å². The minimum atomic E-state index is -0.0163. The number of nitrogens with one attached hydrogen (secondary N) is 1.